The Balaban J connectivity index is 0.00000625. The Kier molecular flexibility index (Phi) is 15.8. The van der Waals surface area contributed by atoms with Crippen LogP contribution in [0.1, 0.15) is 53.4 Å². The van der Waals surface area contributed by atoms with E-state index in [4.69, 9.17) is 9.47 Å². The molecular formula is C19H41IN4O2. The second-order valence-electron chi connectivity index (χ2n) is 7.27. The van der Waals surface area contributed by atoms with Crippen LogP contribution in [0.5, 0.6) is 0 Å². The van der Waals surface area contributed by atoms with Gasteiger partial charge in [0.15, 0.2) is 5.96 Å². The van der Waals surface area contributed by atoms with Crippen LogP contribution in [-0.2, 0) is 9.47 Å². The Labute approximate surface area is 177 Å². The van der Waals surface area contributed by atoms with Crippen molar-refractivity contribution in [2.75, 3.05) is 46.5 Å². The normalized spacial score (nSPS) is 17.8. The van der Waals surface area contributed by atoms with Crippen LogP contribution in [0.3, 0.4) is 0 Å². The van der Waals surface area contributed by atoms with Crippen LogP contribution in [-0.4, -0.2) is 75.5 Å². The Hall–Kier alpha value is -0.120. The molecule has 1 unspecified atom stereocenters. The third kappa shape index (κ3) is 11.6. The topological polar surface area (TPSA) is 58.1 Å². The first-order valence-electron chi connectivity index (χ1n) is 9.94. The first-order chi connectivity index (χ1) is 12.0. The van der Waals surface area contributed by atoms with Gasteiger partial charge in [0.05, 0.1) is 12.7 Å². The molecule has 0 amide bonds. The van der Waals surface area contributed by atoms with Gasteiger partial charge in [-0.25, -0.2) is 0 Å². The third-order valence-electron chi connectivity index (χ3n) is 4.52. The highest BCUT2D eigenvalue weighted by Gasteiger charge is 2.15. The monoisotopic (exact) mass is 484 g/mol. The number of rotatable bonds is 12. The van der Waals surface area contributed by atoms with Crippen molar-refractivity contribution in [1.29, 1.82) is 0 Å². The van der Waals surface area contributed by atoms with Crippen molar-refractivity contribution in [2.45, 2.75) is 71.6 Å². The summed E-state index contributed by atoms with van der Waals surface area (Å²) in [7, 11) is 1.82. The molecule has 2 N–H and O–H groups in total. The summed E-state index contributed by atoms with van der Waals surface area (Å²) in [6.07, 6.45) is 4.71. The summed E-state index contributed by atoms with van der Waals surface area (Å²) in [5.41, 5.74) is 0. The van der Waals surface area contributed by atoms with Gasteiger partial charge in [0, 0.05) is 52.0 Å². The fraction of sp³-hybridized carbons (Fsp3) is 0.947. The van der Waals surface area contributed by atoms with Crippen LogP contribution in [0.2, 0.25) is 0 Å². The summed E-state index contributed by atoms with van der Waals surface area (Å²) in [4.78, 5) is 6.79. The first kappa shape index (κ1) is 25.9. The maximum Gasteiger partial charge on any atom is 0.190 e. The van der Waals surface area contributed by atoms with Crippen molar-refractivity contribution >= 4 is 29.9 Å². The molecule has 1 rings (SSSR count). The lowest BCUT2D eigenvalue weighted by molar-refractivity contribution is 0.0168. The minimum atomic E-state index is 0. The number of guanidine groups is 1. The fourth-order valence-electron chi connectivity index (χ4n) is 3.17. The minimum Gasteiger partial charge on any atom is -0.379 e. The third-order valence-corrected chi connectivity index (χ3v) is 4.52. The molecule has 0 radical (unpaired) electrons. The van der Waals surface area contributed by atoms with Crippen LogP contribution in [0.15, 0.2) is 4.99 Å². The zero-order valence-electron chi connectivity index (χ0n) is 17.4. The van der Waals surface area contributed by atoms with E-state index in [2.05, 4.69) is 48.2 Å². The van der Waals surface area contributed by atoms with Crippen LogP contribution >= 0.6 is 24.0 Å². The molecule has 0 saturated carbocycles. The van der Waals surface area contributed by atoms with Crippen molar-refractivity contribution in [1.82, 2.24) is 15.5 Å². The highest BCUT2D eigenvalue weighted by molar-refractivity contribution is 14.0. The zero-order valence-corrected chi connectivity index (χ0v) is 19.8. The van der Waals surface area contributed by atoms with E-state index in [0.29, 0.717) is 18.2 Å². The molecule has 1 atom stereocenters. The molecule has 26 heavy (non-hydrogen) atoms. The van der Waals surface area contributed by atoms with E-state index in [1.54, 1.807) is 0 Å². The van der Waals surface area contributed by atoms with Gasteiger partial charge in [0.2, 0.25) is 0 Å². The van der Waals surface area contributed by atoms with E-state index in [-0.39, 0.29) is 24.0 Å². The van der Waals surface area contributed by atoms with Crippen molar-refractivity contribution in [3.05, 3.63) is 0 Å². The van der Waals surface area contributed by atoms with Gasteiger partial charge in [0.1, 0.15) is 0 Å². The highest BCUT2D eigenvalue weighted by atomic mass is 127. The van der Waals surface area contributed by atoms with Crippen LogP contribution in [0.4, 0.5) is 0 Å². The van der Waals surface area contributed by atoms with Crippen molar-refractivity contribution in [3.63, 3.8) is 0 Å². The maximum absolute atomic E-state index is 5.67. The number of hydrogen-bond acceptors (Lipinski definition) is 4. The quantitative estimate of drug-likeness (QED) is 0.193. The molecule has 1 aliphatic heterocycles. The largest absolute Gasteiger partial charge is 0.379 e. The minimum absolute atomic E-state index is 0. The van der Waals surface area contributed by atoms with Crippen LogP contribution in [0.25, 0.3) is 0 Å². The zero-order chi connectivity index (χ0) is 18.5. The number of nitrogens with one attached hydrogen (secondary N) is 2. The summed E-state index contributed by atoms with van der Waals surface area (Å²) in [5, 5.41) is 6.74. The lowest BCUT2D eigenvalue weighted by atomic mass is 10.2. The lowest BCUT2D eigenvalue weighted by Gasteiger charge is -2.30. The molecule has 0 aromatic rings. The fourth-order valence-corrected chi connectivity index (χ4v) is 3.17. The standard InChI is InChI=1S/C19H40N4O2.HI/c1-16(2)23(17(3)4)12-7-10-21-19(20-5)22-11-8-13-24-15-18-9-6-14-25-18;/h16-18H,6-15H2,1-5H3,(H2,20,21,22);1H. The lowest BCUT2D eigenvalue weighted by Crippen LogP contribution is -2.41. The number of nitrogens with zero attached hydrogens (tertiary/aromatic N) is 2. The van der Waals surface area contributed by atoms with Crippen molar-refractivity contribution in [3.8, 4) is 0 Å². The Morgan fingerprint density at radius 1 is 1.15 bits per heavy atom. The Bertz CT molecular complexity index is 353. The van der Waals surface area contributed by atoms with Gasteiger partial charge in [-0.1, -0.05) is 0 Å². The van der Waals surface area contributed by atoms with E-state index in [9.17, 15) is 0 Å². The summed E-state index contributed by atoms with van der Waals surface area (Å²) < 4.78 is 11.2. The summed E-state index contributed by atoms with van der Waals surface area (Å²) in [6.45, 7) is 14.3. The Morgan fingerprint density at radius 2 is 1.81 bits per heavy atom. The summed E-state index contributed by atoms with van der Waals surface area (Å²) in [6, 6.07) is 1.18. The Morgan fingerprint density at radius 3 is 2.35 bits per heavy atom. The molecular weight excluding hydrogens is 443 g/mol. The molecule has 0 aromatic carbocycles. The second kappa shape index (κ2) is 15.9. The van der Waals surface area contributed by atoms with E-state index in [1.165, 1.54) is 6.42 Å². The number of aliphatic imine (C=N–C) groups is 1. The molecule has 1 saturated heterocycles. The van der Waals surface area contributed by atoms with Gasteiger partial charge in [-0.05, 0) is 53.4 Å². The van der Waals surface area contributed by atoms with Gasteiger partial charge in [-0.2, -0.15) is 0 Å². The predicted octanol–water partition coefficient (Wildman–Crippen LogP) is 2.86. The molecule has 156 valence electrons. The van der Waals surface area contributed by atoms with Gasteiger partial charge in [-0.15, -0.1) is 24.0 Å². The molecule has 0 spiro atoms. The molecule has 0 aromatic heterocycles. The molecule has 7 heteroatoms. The predicted molar refractivity (Wildman–Crippen MR) is 121 cm³/mol. The maximum atomic E-state index is 5.67. The molecule has 6 nitrogen and oxygen atoms in total. The molecule has 0 bridgehead atoms. The van der Waals surface area contributed by atoms with Crippen LogP contribution < -0.4 is 10.6 Å². The second-order valence-corrected chi connectivity index (χ2v) is 7.27. The molecule has 1 aliphatic rings. The number of ether oxygens (including phenoxy) is 2. The van der Waals surface area contributed by atoms with Gasteiger partial charge < -0.3 is 20.1 Å². The van der Waals surface area contributed by atoms with Gasteiger partial charge in [-0.3, -0.25) is 9.89 Å². The SMILES string of the molecule is CN=C(NCCCOCC1CCCO1)NCCCN(C(C)C)C(C)C.I. The molecule has 1 fully saturated rings. The molecule has 0 aliphatic carbocycles. The van der Waals surface area contributed by atoms with E-state index >= 15 is 0 Å². The number of hydrogen-bond donors (Lipinski definition) is 2. The van der Waals surface area contributed by atoms with E-state index in [1.807, 2.05) is 7.05 Å². The van der Waals surface area contributed by atoms with Gasteiger partial charge in [0.25, 0.3) is 0 Å². The smallest absolute Gasteiger partial charge is 0.190 e. The highest BCUT2D eigenvalue weighted by Crippen LogP contribution is 2.11. The van der Waals surface area contributed by atoms with Crippen LogP contribution in [0, 0.1) is 0 Å². The molecule has 1 heterocycles. The van der Waals surface area contributed by atoms with E-state index in [0.717, 1.165) is 64.7 Å². The van der Waals surface area contributed by atoms with Gasteiger partial charge >= 0.3 is 0 Å². The number of halogens is 1. The van der Waals surface area contributed by atoms with Crippen molar-refractivity contribution in [2.24, 2.45) is 4.99 Å². The summed E-state index contributed by atoms with van der Waals surface area (Å²) >= 11 is 0. The summed E-state index contributed by atoms with van der Waals surface area (Å²) in [5.74, 6) is 0.875. The average molecular weight is 484 g/mol. The van der Waals surface area contributed by atoms with E-state index < -0.39 is 0 Å². The van der Waals surface area contributed by atoms with Crippen molar-refractivity contribution < 1.29 is 9.47 Å². The first-order valence-corrected chi connectivity index (χ1v) is 9.94. The average Bonchev–Trinajstić information content (AvgIpc) is 3.08.